The number of carboxylic acids is 1. The van der Waals surface area contributed by atoms with Crippen molar-refractivity contribution in [3.63, 3.8) is 0 Å². The van der Waals surface area contributed by atoms with Crippen molar-refractivity contribution in [1.29, 1.82) is 0 Å². The first-order chi connectivity index (χ1) is 10.3. The number of fused-ring (bicyclic) bond motifs is 1. The third kappa shape index (κ3) is 2.08. The number of aryl methyl sites for hydroxylation is 1. The molecule has 3 aromatic heterocycles. The zero-order valence-corrected chi connectivity index (χ0v) is 13.9. The molecule has 114 valence electrons. The van der Waals surface area contributed by atoms with E-state index in [1.807, 2.05) is 24.4 Å². The predicted molar refractivity (Wildman–Crippen MR) is 88.9 cm³/mol. The third-order valence-corrected chi connectivity index (χ3v) is 5.58. The number of thiophene rings is 2. The molecule has 0 saturated carbocycles. The van der Waals surface area contributed by atoms with Gasteiger partial charge in [0.1, 0.15) is 16.7 Å². The third-order valence-electron chi connectivity index (χ3n) is 3.68. The standard InChI is InChI=1S/C15H14N2O3S2/c1-8-10(9-5-4-6-21-9)11-12(22-8)16-7-17(13(11)18)15(2,3)14(19)20/h4-7H,1-3H3,(H,19,20). The molecule has 0 bridgehead atoms. The van der Waals surface area contributed by atoms with Crippen LogP contribution in [0.4, 0.5) is 0 Å². The molecule has 3 rings (SSSR count). The van der Waals surface area contributed by atoms with Gasteiger partial charge in [0.15, 0.2) is 0 Å². The minimum absolute atomic E-state index is 0.315. The average Bonchev–Trinajstić information content (AvgIpc) is 3.05. The minimum atomic E-state index is -1.35. The lowest BCUT2D eigenvalue weighted by Crippen LogP contribution is -2.42. The second-order valence-corrected chi connectivity index (χ2v) is 7.63. The molecule has 0 spiro atoms. The molecule has 0 saturated heterocycles. The lowest BCUT2D eigenvalue weighted by atomic mass is 10.1. The fraction of sp³-hybridized carbons (Fsp3) is 0.267. The van der Waals surface area contributed by atoms with Gasteiger partial charge in [0, 0.05) is 15.3 Å². The Kier molecular flexibility index (Phi) is 3.41. The molecule has 0 aromatic carbocycles. The van der Waals surface area contributed by atoms with Crippen molar-refractivity contribution in [2.24, 2.45) is 0 Å². The highest BCUT2D eigenvalue weighted by molar-refractivity contribution is 7.20. The minimum Gasteiger partial charge on any atom is -0.480 e. The maximum atomic E-state index is 12.9. The molecule has 0 aliphatic rings. The average molecular weight is 334 g/mol. The second kappa shape index (κ2) is 5.03. The first kappa shape index (κ1) is 14.9. The largest absolute Gasteiger partial charge is 0.480 e. The van der Waals surface area contributed by atoms with Crippen LogP contribution in [0.2, 0.25) is 0 Å². The van der Waals surface area contributed by atoms with Gasteiger partial charge in [-0.3, -0.25) is 9.36 Å². The summed E-state index contributed by atoms with van der Waals surface area (Å²) in [5.41, 5.74) is -0.797. The van der Waals surface area contributed by atoms with Crippen LogP contribution in [-0.2, 0) is 10.3 Å². The molecule has 0 radical (unpaired) electrons. The molecule has 0 fully saturated rings. The van der Waals surface area contributed by atoms with Crippen LogP contribution in [0.5, 0.6) is 0 Å². The summed E-state index contributed by atoms with van der Waals surface area (Å²) in [6.45, 7) is 4.94. The van der Waals surface area contributed by atoms with Crippen LogP contribution in [0, 0.1) is 6.92 Å². The van der Waals surface area contributed by atoms with Crippen molar-refractivity contribution in [1.82, 2.24) is 9.55 Å². The van der Waals surface area contributed by atoms with Crippen LogP contribution in [0.1, 0.15) is 18.7 Å². The Bertz CT molecular complexity index is 920. The summed E-state index contributed by atoms with van der Waals surface area (Å²) in [7, 11) is 0. The first-order valence-corrected chi connectivity index (χ1v) is 8.32. The highest BCUT2D eigenvalue weighted by Gasteiger charge is 2.32. The van der Waals surface area contributed by atoms with E-state index in [0.717, 1.165) is 15.3 Å². The molecule has 0 unspecified atom stereocenters. The van der Waals surface area contributed by atoms with E-state index in [9.17, 15) is 14.7 Å². The van der Waals surface area contributed by atoms with Gasteiger partial charge in [0.05, 0.1) is 5.39 Å². The molecule has 3 heterocycles. The van der Waals surface area contributed by atoms with Gasteiger partial charge in [0.25, 0.3) is 5.56 Å². The lowest BCUT2D eigenvalue weighted by molar-refractivity contribution is -0.145. The Morgan fingerprint density at radius 2 is 2.14 bits per heavy atom. The number of hydrogen-bond acceptors (Lipinski definition) is 5. The van der Waals surface area contributed by atoms with Gasteiger partial charge in [0.2, 0.25) is 0 Å². The van der Waals surface area contributed by atoms with E-state index in [1.54, 1.807) is 11.3 Å². The smallest absolute Gasteiger partial charge is 0.329 e. The van der Waals surface area contributed by atoms with Gasteiger partial charge in [-0.2, -0.15) is 0 Å². The number of nitrogens with zero attached hydrogens (tertiary/aromatic N) is 2. The van der Waals surface area contributed by atoms with E-state index in [4.69, 9.17) is 0 Å². The van der Waals surface area contributed by atoms with E-state index >= 15 is 0 Å². The molecular weight excluding hydrogens is 320 g/mol. The van der Waals surface area contributed by atoms with Crippen molar-refractivity contribution >= 4 is 38.9 Å². The number of carboxylic acid groups (broad SMARTS) is 1. The van der Waals surface area contributed by atoms with Gasteiger partial charge in [-0.05, 0) is 32.2 Å². The van der Waals surface area contributed by atoms with Crippen LogP contribution in [-0.4, -0.2) is 20.6 Å². The van der Waals surface area contributed by atoms with Gasteiger partial charge < -0.3 is 5.11 Å². The highest BCUT2D eigenvalue weighted by Crippen LogP contribution is 2.37. The summed E-state index contributed by atoms with van der Waals surface area (Å²) < 4.78 is 1.20. The maximum Gasteiger partial charge on any atom is 0.329 e. The number of rotatable bonds is 3. The summed E-state index contributed by atoms with van der Waals surface area (Å²) in [6, 6.07) is 3.89. The van der Waals surface area contributed by atoms with Gasteiger partial charge in [-0.25, -0.2) is 9.78 Å². The summed E-state index contributed by atoms with van der Waals surface area (Å²) >= 11 is 3.01. The molecule has 22 heavy (non-hydrogen) atoms. The lowest BCUT2D eigenvalue weighted by Gasteiger charge is -2.21. The highest BCUT2D eigenvalue weighted by atomic mass is 32.1. The molecule has 1 N–H and O–H groups in total. The van der Waals surface area contributed by atoms with Gasteiger partial charge >= 0.3 is 5.97 Å². The van der Waals surface area contributed by atoms with Crippen LogP contribution >= 0.6 is 22.7 Å². The van der Waals surface area contributed by atoms with E-state index in [2.05, 4.69) is 4.98 Å². The summed E-state index contributed by atoms with van der Waals surface area (Å²) in [6.07, 6.45) is 1.33. The molecule has 5 nitrogen and oxygen atoms in total. The van der Waals surface area contributed by atoms with Crippen LogP contribution in [0.15, 0.2) is 28.6 Å². The van der Waals surface area contributed by atoms with Crippen molar-refractivity contribution in [3.05, 3.63) is 39.1 Å². The number of hydrogen-bond donors (Lipinski definition) is 1. The molecule has 0 atom stereocenters. The molecular formula is C15H14N2O3S2. The Morgan fingerprint density at radius 3 is 2.73 bits per heavy atom. The van der Waals surface area contributed by atoms with E-state index in [0.29, 0.717) is 10.2 Å². The SMILES string of the molecule is Cc1sc2ncn(C(C)(C)C(=O)O)c(=O)c2c1-c1cccs1. The van der Waals surface area contributed by atoms with Crippen LogP contribution < -0.4 is 5.56 Å². The Labute approximate surface area is 134 Å². The Hall–Kier alpha value is -1.99. The molecule has 0 amide bonds. The van der Waals surface area contributed by atoms with Crippen molar-refractivity contribution in [2.45, 2.75) is 26.3 Å². The fourth-order valence-electron chi connectivity index (χ4n) is 2.32. The molecule has 0 aliphatic carbocycles. The predicted octanol–water partition coefficient (Wildman–Crippen LogP) is 3.31. The Balaban J connectivity index is 2.39. The zero-order valence-electron chi connectivity index (χ0n) is 12.3. The molecule has 3 aromatic rings. The van der Waals surface area contributed by atoms with Crippen molar-refractivity contribution < 1.29 is 9.90 Å². The first-order valence-electron chi connectivity index (χ1n) is 6.62. The summed E-state index contributed by atoms with van der Waals surface area (Å²) in [5.74, 6) is -1.07. The number of aliphatic carboxylic acids is 1. The van der Waals surface area contributed by atoms with Crippen LogP contribution in [0.25, 0.3) is 20.7 Å². The number of carbonyl (C=O) groups is 1. The van der Waals surface area contributed by atoms with Crippen LogP contribution in [0.3, 0.4) is 0 Å². The summed E-state index contributed by atoms with van der Waals surface area (Å²) in [5, 5.41) is 11.8. The Morgan fingerprint density at radius 1 is 1.41 bits per heavy atom. The van der Waals surface area contributed by atoms with Crippen molar-refractivity contribution in [3.8, 4) is 10.4 Å². The van der Waals surface area contributed by atoms with E-state index < -0.39 is 11.5 Å². The molecule has 0 aliphatic heterocycles. The topological polar surface area (TPSA) is 72.2 Å². The quantitative estimate of drug-likeness (QED) is 0.797. The van der Waals surface area contributed by atoms with Crippen molar-refractivity contribution in [2.75, 3.05) is 0 Å². The van der Waals surface area contributed by atoms with Gasteiger partial charge in [-0.15, -0.1) is 22.7 Å². The maximum absolute atomic E-state index is 12.9. The number of aromatic nitrogens is 2. The monoisotopic (exact) mass is 334 g/mol. The summed E-state index contributed by atoms with van der Waals surface area (Å²) in [4.78, 5) is 31.3. The van der Waals surface area contributed by atoms with Gasteiger partial charge in [-0.1, -0.05) is 6.07 Å². The zero-order chi connectivity index (χ0) is 16.1. The fourth-order valence-corrected chi connectivity index (χ4v) is 4.22. The normalized spacial score (nSPS) is 12.0. The second-order valence-electron chi connectivity index (χ2n) is 5.47. The molecule has 7 heteroatoms. The van der Waals surface area contributed by atoms with E-state index in [1.165, 1.54) is 36.1 Å². The van der Waals surface area contributed by atoms with E-state index in [-0.39, 0.29) is 5.56 Å².